The first-order chi connectivity index (χ1) is 14.2. The van der Waals surface area contributed by atoms with Crippen LogP contribution in [0.2, 0.25) is 0 Å². The minimum atomic E-state index is 0.0107. The largest absolute Gasteiger partial charge is 0.354 e. The van der Waals surface area contributed by atoms with E-state index in [4.69, 9.17) is 4.98 Å². The van der Waals surface area contributed by atoms with E-state index in [0.717, 1.165) is 49.1 Å². The third-order valence-corrected chi connectivity index (χ3v) is 5.85. The zero-order chi connectivity index (χ0) is 21.8. The smallest absolute Gasteiger partial charge is 0.234 e. The van der Waals surface area contributed by atoms with E-state index in [0.29, 0.717) is 12.5 Å². The van der Waals surface area contributed by atoms with Crippen molar-refractivity contribution in [3.05, 3.63) is 52.5 Å². The van der Waals surface area contributed by atoms with Gasteiger partial charge in [-0.1, -0.05) is 32.0 Å². The molecular formula is C24H35N5O. The van der Waals surface area contributed by atoms with Crippen molar-refractivity contribution in [2.45, 2.75) is 53.5 Å². The van der Waals surface area contributed by atoms with E-state index < -0.39 is 0 Å². The van der Waals surface area contributed by atoms with Gasteiger partial charge in [0.25, 0.3) is 0 Å². The standard InChI is InChI=1S/C24H35N5O/c1-16(2)24-25-19(5)14-22(27-24)29-11-9-28(10-12-29)15-23(30)26-20(6)21-8-7-17(3)18(4)13-21/h7-8,13-14,16,20H,9-12,15H2,1-6H3,(H,26,30). The number of benzene rings is 1. The van der Waals surface area contributed by atoms with Gasteiger partial charge in [-0.3, -0.25) is 9.69 Å². The lowest BCUT2D eigenvalue weighted by Crippen LogP contribution is -2.50. The monoisotopic (exact) mass is 409 g/mol. The van der Waals surface area contributed by atoms with Gasteiger partial charge >= 0.3 is 0 Å². The molecule has 0 bridgehead atoms. The van der Waals surface area contributed by atoms with Crippen molar-refractivity contribution in [2.24, 2.45) is 0 Å². The summed E-state index contributed by atoms with van der Waals surface area (Å²) in [6, 6.07) is 8.44. The van der Waals surface area contributed by atoms with Crippen LogP contribution in [0.3, 0.4) is 0 Å². The lowest BCUT2D eigenvalue weighted by atomic mass is 10.0. The quantitative estimate of drug-likeness (QED) is 0.791. The van der Waals surface area contributed by atoms with Gasteiger partial charge in [-0.25, -0.2) is 9.97 Å². The number of nitrogens with one attached hydrogen (secondary N) is 1. The van der Waals surface area contributed by atoms with Crippen molar-refractivity contribution in [2.75, 3.05) is 37.6 Å². The predicted octanol–water partition coefficient (Wildman–Crippen LogP) is 3.52. The van der Waals surface area contributed by atoms with Crippen LogP contribution in [-0.4, -0.2) is 53.5 Å². The molecule has 1 fully saturated rings. The highest BCUT2D eigenvalue weighted by Crippen LogP contribution is 2.19. The fraction of sp³-hybridized carbons (Fsp3) is 0.542. The summed E-state index contributed by atoms with van der Waals surface area (Å²) in [6.07, 6.45) is 0. The van der Waals surface area contributed by atoms with Crippen molar-refractivity contribution >= 4 is 11.7 Å². The number of carbonyl (C=O) groups is 1. The zero-order valence-corrected chi connectivity index (χ0v) is 19.2. The first-order valence-corrected chi connectivity index (χ1v) is 10.9. The number of amides is 1. The summed E-state index contributed by atoms with van der Waals surface area (Å²) in [5, 5.41) is 3.15. The minimum Gasteiger partial charge on any atom is -0.354 e. The third-order valence-electron chi connectivity index (χ3n) is 5.85. The molecule has 30 heavy (non-hydrogen) atoms. The van der Waals surface area contributed by atoms with E-state index in [9.17, 15) is 4.79 Å². The Kier molecular flexibility index (Phi) is 7.08. The SMILES string of the molecule is Cc1cc(N2CCN(CC(=O)NC(C)c3ccc(C)c(C)c3)CC2)nc(C(C)C)n1. The molecule has 2 heterocycles. The summed E-state index contributed by atoms with van der Waals surface area (Å²) in [6.45, 7) is 16.4. The summed E-state index contributed by atoms with van der Waals surface area (Å²) < 4.78 is 0. The number of rotatable bonds is 6. The van der Waals surface area contributed by atoms with Gasteiger partial charge in [0.05, 0.1) is 12.6 Å². The molecule has 1 atom stereocenters. The second-order valence-corrected chi connectivity index (χ2v) is 8.78. The summed E-state index contributed by atoms with van der Waals surface area (Å²) >= 11 is 0. The summed E-state index contributed by atoms with van der Waals surface area (Å²) in [5.74, 6) is 2.29. The van der Waals surface area contributed by atoms with Gasteiger partial charge in [-0.15, -0.1) is 0 Å². The first kappa shape index (κ1) is 22.2. The Balaban J connectivity index is 1.52. The van der Waals surface area contributed by atoms with Gasteiger partial charge in [-0.05, 0) is 44.4 Å². The van der Waals surface area contributed by atoms with E-state index in [1.807, 2.05) is 13.8 Å². The molecule has 0 aliphatic carbocycles. The highest BCUT2D eigenvalue weighted by molar-refractivity contribution is 5.78. The molecule has 0 radical (unpaired) electrons. The molecule has 1 aromatic carbocycles. The molecule has 2 aromatic rings. The molecule has 6 heteroatoms. The van der Waals surface area contributed by atoms with E-state index in [-0.39, 0.29) is 11.9 Å². The average Bonchev–Trinajstić information content (AvgIpc) is 2.70. The van der Waals surface area contributed by atoms with Crippen LogP contribution in [0.4, 0.5) is 5.82 Å². The second kappa shape index (κ2) is 9.56. The fourth-order valence-corrected chi connectivity index (χ4v) is 3.74. The number of carbonyl (C=O) groups excluding carboxylic acids is 1. The van der Waals surface area contributed by atoms with Crippen molar-refractivity contribution < 1.29 is 4.79 Å². The zero-order valence-electron chi connectivity index (χ0n) is 19.2. The number of hydrogen-bond acceptors (Lipinski definition) is 5. The maximum absolute atomic E-state index is 12.6. The Hall–Kier alpha value is -2.47. The van der Waals surface area contributed by atoms with Gasteiger partial charge < -0.3 is 10.2 Å². The van der Waals surface area contributed by atoms with Crippen molar-refractivity contribution in [1.29, 1.82) is 0 Å². The van der Waals surface area contributed by atoms with Gasteiger partial charge in [0.15, 0.2) is 0 Å². The third kappa shape index (κ3) is 5.57. The number of hydrogen-bond donors (Lipinski definition) is 1. The second-order valence-electron chi connectivity index (χ2n) is 8.78. The van der Waals surface area contributed by atoms with Crippen molar-refractivity contribution in [1.82, 2.24) is 20.2 Å². The van der Waals surface area contributed by atoms with E-state index >= 15 is 0 Å². The Morgan fingerprint density at radius 3 is 2.33 bits per heavy atom. The molecule has 162 valence electrons. The molecular weight excluding hydrogens is 374 g/mol. The van der Waals surface area contributed by atoms with Crippen LogP contribution in [0.15, 0.2) is 24.3 Å². The lowest BCUT2D eigenvalue weighted by molar-refractivity contribution is -0.123. The van der Waals surface area contributed by atoms with Crippen molar-refractivity contribution in [3.63, 3.8) is 0 Å². The molecule has 0 spiro atoms. The Morgan fingerprint density at radius 1 is 1.00 bits per heavy atom. The van der Waals surface area contributed by atoms with Crippen LogP contribution in [-0.2, 0) is 4.79 Å². The Morgan fingerprint density at radius 2 is 1.70 bits per heavy atom. The van der Waals surface area contributed by atoms with Crippen LogP contribution in [0.1, 0.15) is 60.9 Å². The van der Waals surface area contributed by atoms with E-state index in [2.05, 4.69) is 72.1 Å². The molecule has 3 rings (SSSR count). The summed E-state index contributed by atoms with van der Waals surface area (Å²) in [7, 11) is 0. The van der Waals surface area contributed by atoms with Gasteiger partial charge in [-0.2, -0.15) is 0 Å². The van der Waals surface area contributed by atoms with E-state index in [1.165, 1.54) is 11.1 Å². The Bertz CT molecular complexity index is 887. The molecule has 1 aliphatic heterocycles. The number of aromatic nitrogens is 2. The molecule has 1 amide bonds. The van der Waals surface area contributed by atoms with Crippen LogP contribution < -0.4 is 10.2 Å². The van der Waals surface area contributed by atoms with Gasteiger partial charge in [0, 0.05) is 43.9 Å². The highest BCUT2D eigenvalue weighted by atomic mass is 16.2. The predicted molar refractivity (Wildman–Crippen MR) is 122 cm³/mol. The molecule has 6 nitrogen and oxygen atoms in total. The van der Waals surface area contributed by atoms with Crippen molar-refractivity contribution in [3.8, 4) is 0 Å². The maximum atomic E-state index is 12.6. The highest BCUT2D eigenvalue weighted by Gasteiger charge is 2.21. The molecule has 1 saturated heterocycles. The summed E-state index contributed by atoms with van der Waals surface area (Å²) in [5.41, 5.74) is 4.68. The molecule has 1 N–H and O–H groups in total. The van der Waals surface area contributed by atoms with Crippen LogP contribution in [0.25, 0.3) is 0 Å². The topological polar surface area (TPSA) is 61.4 Å². The summed E-state index contributed by atoms with van der Waals surface area (Å²) in [4.78, 5) is 26.4. The molecule has 1 aliphatic rings. The molecule has 0 saturated carbocycles. The average molecular weight is 410 g/mol. The first-order valence-electron chi connectivity index (χ1n) is 10.9. The number of nitrogens with zero attached hydrogens (tertiary/aromatic N) is 4. The maximum Gasteiger partial charge on any atom is 0.234 e. The fourth-order valence-electron chi connectivity index (χ4n) is 3.74. The van der Waals surface area contributed by atoms with Gasteiger partial charge in [0.1, 0.15) is 11.6 Å². The Labute approximate surface area is 180 Å². The molecule has 1 aromatic heterocycles. The van der Waals surface area contributed by atoms with E-state index in [1.54, 1.807) is 0 Å². The normalized spacial score (nSPS) is 16.0. The minimum absolute atomic E-state index is 0.0107. The van der Waals surface area contributed by atoms with Gasteiger partial charge in [0.2, 0.25) is 5.91 Å². The number of aryl methyl sites for hydroxylation is 3. The number of piperazine rings is 1. The number of anilines is 1. The lowest BCUT2D eigenvalue weighted by Gasteiger charge is -2.35. The van der Waals surface area contributed by atoms with Crippen LogP contribution in [0, 0.1) is 20.8 Å². The molecule has 1 unspecified atom stereocenters. The van der Waals surface area contributed by atoms with Crippen LogP contribution in [0.5, 0.6) is 0 Å². The van der Waals surface area contributed by atoms with Crippen LogP contribution >= 0.6 is 0 Å².